The Balaban J connectivity index is 3.27. The maximum atomic E-state index is 12.9. The van der Waals surface area contributed by atoms with Crippen molar-refractivity contribution in [2.45, 2.75) is 13.3 Å². The van der Waals surface area contributed by atoms with Crippen molar-refractivity contribution in [3.8, 4) is 0 Å². The number of halogens is 1. The van der Waals surface area contributed by atoms with Crippen LogP contribution in [0.15, 0.2) is 18.2 Å². The Labute approximate surface area is 69.6 Å². The van der Waals surface area contributed by atoms with E-state index >= 15 is 0 Å². The molecule has 0 spiro atoms. The third-order valence-electron chi connectivity index (χ3n) is 1.70. The van der Waals surface area contributed by atoms with Gasteiger partial charge in [0.2, 0.25) is 0 Å². The summed E-state index contributed by atoms with van der Waals surface area (Å²) < 4.78 is 12.9. The molecule has 0 unspecified atom stereocenters. The summed E-state index contributed by atoms with van der Waals surface area (Å²) >= 11 is 0. The van der Waals surface area contributed by atoms with E-state index in [0.29, 0.717) is 6.42 Å². The van der Waals surface area contributed by atoms with Gasteiger partial charge >= 0.3 is 5.97 Å². The first-order valence-electron chi connectivity index (χ1n) is 3.67. The Kier molecular flexibility index (Phi) is 2.43. The van der Waals surface area contributed by atoms with Gasteiger partial charge in [-0.3, -0.25) is 0 Å². The summed E-state index contributed by atoms with van der Waals surface area (Å²) in [6.07, 6.45) is 0.397. The maximum absolute atomic E-state index is 12.9. The molecule has 0 saturated heterocycles. The summed E-state index contributed by atoms with van der Waals surface area (Å²) in [6, 6.07) is 4.08. The largest absolute Gasteiger partial charge is 0.478 e. The number of benzene rings is 1. The molecule has 0 fully saturated rings. The van der Waals surface area contributed by atoms with Crippen molar-refractivity contribution in [2.24, 2.45) is 0 Å². The molecule has 0 radical (unpaired) electrons. The van der Waals surface area contributed by atoms with Crippen LogP contribution in [-0.2, 0) is 6.42 Å². The molecular weight excluding hydrogens is 159 g/mol. The van der Waals surface area contributed by atoms with E-state index in [1.807, 2.05) is 0 Å². The van der Waals surface area contributed by atoms with E-state index < -0.39 is 11.8 Å². The van der Waals surface area contributed by atoms with Gasteiger partial charge in [0.05, 0.1) is 5.56 Å². The molecule has 1 aromatic carbocycles. The molecule has 0 heterocycles. The van der Waals surface area contributed by atoms with E-state index in [1.165, 1.54) is 18.2 Å². The van der Waals surface area contributed by atoms with Crippen LogP contribution < -0.4 is 0 Å². The van der Waals surface area contributed by atoms with Crippen LogP contribution in [0, 0.1) is 5.82 Å². The lowest BCUT2D eigenvalue weighted by Crippen LogP contribution is -2.03. The smallest absolute Gasteiger partial charge is 0.336 e. The van der Waals surface area contributed by atoms with Crippen molar-refractivity contribution in [1.82, 2.24) is 0 Å². The fourth-order valence-electron chi connectivity index (χ4n) is 1.12. The molecule has 0 atom stereocenters. The fourth-order valence-corrected chi connectivity index (χ4v) is 1.12. The predicted octanol–water partition coefficient (Wildman–Crippen LogP) is 2.09. The second kappa shape index (κ2) is 3.34. The van der Waals surface area contributed by atoms with Gasteiger partial charge in [0.1, 0.15) is 5.82 Å². The van der Waals surface area contributed by atoms with Gasteiger partial charge in [0, 0.05) is 5.56 Å². The minimum atomic E-state index is -1.08. The van der Waals surface area contributed by atoms with Crippen LogP contribution in [0.2, 0.25) is 0 Å². The first kappa shape index (κ1) is 8.71. The van der Waals surface area contributed by atoms with Gasteiger partial charge in [0.25, 0.3) is 0 Å². The molecule has 12 heavy (non-hydrogen) atoms. The molecule has 0 bridgehead atoms. The van der Waals surface area contributed by atoms with Gasteiger partial charge in [-0.1, -0.05) is 13.0 Å². The number of hydrogen-bond acceptors (Lipinski definition) is 1. The van der Waals surface area contributed by atoms with Crippen LogP contribution in [0.25, 0.3) is 0 Å². The highest BCUT2D eigenvalue weighted by Crippen LogP contribution is 2.13. The van der Waals surface area contributed by atoms with Crippen molar-refractivity contribution in [1.29, 1.82) is 0 Å². The Morgan fingerprint density at radius 2 is 2.25 bits per heavy atom. The first-order valence-corrected chi connectivity index (χ1v) is 3.67. The summed E-state index contributed by atoms with van der Waals surface area (Å²) in [5.41, 5.74) is 0.322. The van der Waals surface area contributed by atoms with E-state index in [4.69, 9.17) is 5.11 Å². The lowest BCUT2D eigenvalue weighted by atomic mass is 10.1. The third kappa shape index (κ3) is 1.44. The monoisotopic (exact) mass is 168 g/mol. The molecule has 0 saturated carbocycles. The first-order chi connectivity index (χ1) is 5.66. The molecule has 0 amide bonds. The highest BCUT2D eigenvalue weighted by Gasteiger charge is 2.11. The summed E-state index contributed by atoms with van der Waals surface area (Å²) in [5, 5.41) is 8.65. The number of aromatic carboxylic acids is 1. The van der Waals surface area contributed by atoms with Crippen LogP contribution in [0.1, 0.15) is 22.8 Å². The molecule has 0 aliphatic carbocycles. The summed E-state index contributed by atoms with van der Waals surface area (Å²) in [7, 11) is 0. The molecule has 1 N–H and O–H groups in total. The third-order valence-corrected chi connectivity index (χ3v) is 1.70. The SMILES string of the molecule is CCc1c(F)cccc1C(=O)O. The molecule has 64 valence electrons. The molecule has 2 nitrogen and oxygen atoms in total. The zero-order chi connectivity index (χ0) is 9.14. The number of carboxylic acid groups (broad SMARTS) is 1. The molecule has 1 aromatic rings. The van der Waals surface area contributed by atoms with Crippen molar-refractivity contribution in [3.05, 3.63) is 35.1 Å². The van der Waals surface area contributed by atoms with E-state index in [9.17, 15) is 9.18 Å². The van der Waals surface area contributed by atoms with Crippen LogP contribution in [-0.4, -0.2) is 11.1 Å². The quantitative estimate of drug-likeness (QED) is 0.734. The normalized spacial score (nSPS) is 9.83. The average Bonchev–Trinajstić information content (AvgIpc) is 2.03. The number of carbonyl (C=O) groups is 1. The lowest BCUT2D eigenvalue weighted by Gasteiger charge is -2.03. The topological polar surface area (TPSA) is 37.3 Å². The predicted molar refractivity (Wildman–Crippen MR) is 42.7 cm³/mol. The molecule has 0 aliphatic rings. The van der Waals surface area contributed by atoms with Crippen molar-refractivity contribution in [2.75, 3.05) is 0 Å². The van der Waals surface area contributed by atoms with Crippen molar-refractivity contribution in [3.63, 3.8) is 0 Å². The Hall–Kier alpha value is -1.38. The van der Waals surface area contributed by atoms with Crippen molar-refractivity contribution >= 4 is 5.97 Å². The van der Waals surface area contributed by atoms with Gasteiger partial charge in [-0.25, -0.2) is 9.18 Å². The van der Waals surface area contributed by atoms with Crippen LogP contribution in [0.4, 0.5) is 4.39 Å². The fraction of sp³-hybridized carbons (Fsp3) is 0.222. The van der Waals surface area contributed by atoms with E-state index in [2.05, 4.69) is 0 Å². The highest BCUT2D eigenvalue weighted by molar-refractivity contribution is 5.89. The number of rotatable bonds is 2. The zero-order valence-electron chi connectivity index (χ0n) is 6.67. The maximum Gasteiger partial charge on any atom is 0.336 e. The summed E-state index contributed by atoms with van der Waals surface area (Å²) in [5.74, 6) is -1.52. The van der Waals surface area contributed by atoms with Gasteiger partial charge < -0.3 is 5.11 Å². The molecule has 0 aliphatic heterocycles. The van der Waals surface area contributed by atoms with Crippen molar-refractivity contribution < 1.29 is 14.3 Å². The van der Waals surface area contributed by atoms with Gasteiger partial charge in [-0.15, -0.1) is 0 Å². The van der Waals surface area contributed by atoms with Gasteiger partial charge in [-0.05, 0) is 18.6 Å². The van der Waals surface area contributed by atoms with E-state index in [-0.39, 0.29) is 11.1 Å². The molecular formula is C9H9FO2. The second-order valence-corrected chi connectivity index (χ2v) is 2.42. The van der Waals surface area contributed by atoms with Gasteiger partial charge in [0.15, 0.2) is 0 Å². The number of carboxylic acids is 1. The van der Waals surface area contributed by atoms with E-state index in [1.54, 1.807) is 6.92 Å². The summed E-state index contributed by atoms with van der Waals surface area (Å²) in [6.45, 7) is 1.73. The van der Waals surface area contributed by atoms with Crippen LogP contribution in [0.5, 0.6) is 0 Å². The Morgan fingerprint density at radius 3 is 2.67 bits per heavy atom. The summed E-state index contributed by atoms with van der Waals surface area (Å²) in [4.78, 5) is 10.6. The molecule has 1 rings (SSSR count). The van der Waals surface area contributed by atoms with E-state index in [0.717, 1.165) is 0 Å². The Morgan fingerprint density at radius 1 is 1.58 bits per heavy atom. The second-order valence-electron chi connectivity index (χ2n) is 2.42. The van der Waals surface area contributed by atoms with Gasteiger partial charge in [-0.2, -0.15) is 0 Å². The average molecular weight is 168 g/mol. The molecule has 3 heteroatoms. The standard InChI is InChI=1S/C9H9FO2/c1-2-6-7(9(11)12)4-3-5-8(6)10/h3-5H,2H2,1H3,(H,11,12). The molecule has 0 aromatic heterocycles. The number of hydrogen-bond donors (Lipinski definition) is 1. The van der Waals surface area contributed by atoms with Crippen LogP contribution in [0.3, 0.4) is 0 Å². The zero-order valence-corrected chi connectivity index (χ0v) is 6.67. The highest BCUT2D eigenvalue weighted by atomic mass is 19.1. The minimum Gasteiger partial charge on any atom is -0.478 e. The minimum absolute atomic E-state index is 0.0532. The van der Waals surface area contributed by atoms with Crippen LogP contribution >= 0.6 is 0 Å². The lowest BCUT2D eigenvalue weighted by molar-refractivity contribution is 0.0695. The Bertz CT molecular complexity index is 307.